The van der Waals surface area contributed by atoms with Gasteiger partial charge in [-0.2, -0.15) is 0 Å². The molecule has 0 spiro atoms. The maximum absolute atomic E-state index is 11.8. The number of rotatable bonds is 5. The Hall–Kier alpha value is -1.36. The third-order valence-corrected chi connectivity index (χ3v) is 2.34. The lowest BCUT2D eigenvalue weighted by molar-refractivity contribution is -0.157. The predicted molar refractivity (Wildman–Crippen MR) is 70.1 cm³/mol. The number of esters is 1. The van der Waals surface area contributed by atoms with E-state index in [1.165, 1.54) is 0 Å². The molecule has 0 saturated heterocycles. The minimum absolute atomic E-state index is 0.168. The molecule has 1 heterocycles. The number of carbonyl (C=O) groups is 1. The monoisotopic (exact) mass is 253 g/mol. The Morgan fingerprint density at radius 2 is 2.11 bits per heavy atom. The van der Waals surface area contributed by atoms with Crippen LogP contribution in [0, 0.1) is 0 Å². The summed E-state index contributed by atoms with van der Waals surface area (Å²) in [6, 6.07) is -0.149. The van der Waals surface area contributed by atoms with Gasteiger partial charge >= 0.3 is 5.97 Å². The van der Waals surface area contributed by atoms with Gasteiger partial charge in [0, 0.05) is 25.0 Å². The highest BCUT2D eigenvalue weighted by Gasteiger charge is 2.22. The highest BCUT2D eigenvalue weighted by atomic mass is 16.6. The van der Waals surface area contributed by atoms with E-state index in [1.54, 1.807) is 12.5 Å². The molecule has 0 fully saturated rings. The van der Waals surface area contributed by atoms with Crippen LogP contribution in [0.5, 0.6) is 0 Å². The van der Waals surface area contributed by atoms with Crippen molar-refractivity contribution in [2.45, 2.75) is 58.8 Å². The van der Waals surface area contributed by atoms with Crippen LogP contribution in [0.3, 0.4) is 0 Å². The first kappa shape index (κ1) is 14.7. The lowest BCUT2D eigenvalue weighted by Crippen LogP contribution is -2.44. The van der Waals surface area contributed by atoms with E-state index in [4.69, 9.17) is 4.74 Å². The van der Waals surface area contributed by atoms with Crippen molar-refractivity contribution in [2.24, 2.45) is 0 Å². The Labute approximate surface area is 109 Å². The topological polar surface area (TPSA) is 56.2 Å². The molecule has 0 aliphatic carbocycles. The second kappa shape index (κ2) is 6.00. The Morgan fingerprint density at radius 3 is 2.61 bits per heavy atom. The minimum atomic E-state index is -0.444. The van der Waals surface area contributed by atoms with E-state index in [9.17, 15) is 4.79 Å². The van der Waals surface area contributed by atoms with Crippen LogP contribution in [0.4, 0.5) is 0 Å². The van der Waals surface area contributed by atoms with Crippen molar-refractivity contribution in [3.05, 3.63) is 18.7 Å². The fourth-order valence-electron chi connectivity index (χ4n) is 1.65. The van der Waals surface area contributed by atoms with E-state index in [0.717, 1.165) is 6.54 Å². The molecule has 0 aliphatic rings. The van der Waals surface area contributed by atoms with Crippen LogP contribution in [0.25, 0.3) is 0 Å². The van der Waals surface area contributed by atoms with Gasteiger partial charge in [0.05, 0.1) is 6.33 Å². The van der Waals surface area contributed by atoms with Crippen LogP contribution in [0.2, 0.25) is 0 Å². The highest BCUT2D eigenvalue weighted by molar-refractivity contribution is 5.75. The zero-order chi connectivity index (χ0) is 13.8. The van der Waals surface area contributed by atoms with E-state index < -0.39 is 5.60 Å². The van der Waals surface area contributed by atoms with Crippen molar-refractivity contribution < 1.29 is 9.53 Å². The standard InChI is InChI=1S/C13H23N3O2/c1-10(8-16-7-6-14-9-16)15-11(2)12(17)18-13(3,4)5/h6-7,9-11,15H,8H2,1-5H3. The maximum atomic E-state index is 11.8. The SMILES string of the molecule is CC(Cn1ccnc1)NC(C)C(=O)OC(C)(C)C. The Morgan fingerprint density at radius 1 is 1.44 bits per heavy atom. The summed E-state index contributed by atoms with van der Waals surface area (Å²) in [5.41, 5.74) is -0.444. The Balaban J connectivity index is 2.39. The largest absolute Gasteiger partial charge is 0.459 e. The molecular formula is C13H23N3O2. The van der Waals surface area contributed by atoms with Crippen LogP contribution >= 0.6 is 0 Å². The molecule has 0 saturated carbocycles. The van der Waals surface area contributed by atoms with Crippen LogP contribution in [-0.2, 0) is 16.1 Å². The summed E-state index contributed by atoms with van der Waals surface area (Å²) in [5, 5.41) is 3.22. The number of carbonyl (C=O) groups excluding carboxylic acids is 1. The normalized spacial score (nSPS) is 15.2. The van der Waals surface area contributed by atoms with Crippen molar-refractivity contribution in [1.82, 2.24) is 14.9 Å². The van der Waals surface area contributed by atoms with Crippen molar-refractivity contribution in [3.63, 3.8) is 0 Å². The van der Waals surface area contributed by atoms with Crippen LogP contribution in [-0.4, -0.2) is 33.2 Å². The Bertz CT molecular complexity index is 368. The predicted octanol–water partition coefficient (Wildman–Crippen LogP) is 1.59. The number of ether oxygens (including phenoxy) is 1. The van der Waals surface area contributed by atoms with Gasteiger partial charge in [-0.1, -0.05) is 0 Å². The highest BCUT2D eigenvalue weighted by Crippen LogP contribution is 2.08. The fourth-order valence-corrected chi connectivity index (χ4v) is 1.65. The first-order valence-electron chi connectivity index (χ1n) is 6.22. The van der Waals surface area contributed by atoms with Gasteiger partial charge in [0.1, 0.15) is 11.6 Å². The molecule has 5 heteroatoms. The average Bonchev–Trinajstić information content (AvgIpc) is 2.67. The zero-order valence-corrected chi connectivity index (χ0v) is 11.8. The van der Waals surface area contributed by atoms with E-state index in [2.05, 4.69) is 10.3 Å². The van der Waals surface area contributed by atoms with E-state index in [-0.39, 0.29) is 18.1 Å². The average molecular weight is 253 g/mol. The second-order valence-corrected chi connectivity index (χ2v) is 5.58. The second-order valence-electron chi connectivity index (χ2n) is 5.58. The maximum Gasteiger partial charge on any atom is 0.323 e. The van der Waals surface area contributed by atoms with Gasteiger partial charge in [-0.3, -0.25) is 4.79 Å². The van der Waals surface area contributed by atoms with E-state index in [0.29, 0.717) is 0 Å². The number of nitrogens with one attached hydrogen (secondary N) is 1. The molecule has 0 bridgehead atoms. The molecule has 1 rings (SSSR count). The molecule has 0 aromatic carbocycles. The Kier molecular flexibility index (Phi) is 4.90. The van der Waals surface area contributed by atoms with Gasteiger partial charge < -0.3 is 14.6 Å². The summed E-state index contributed by atoms with van der Waals surface area (Å²) in [5.74, 6) is -0.222. The lowest BCUT2D eigenvalue weighted by Gasteiger charge is -2.24. The third-order valence-electron chi connectivity index (χ3n) is 2.34. The van der Waals surface area contributed by atoms with Crippen molar-refractivity contribution >= 4 is 5.97 Å². The molecule has 1 aromatic rings. The number of hydrogen-bond acceptors (Lipinski definition) is 4. The number of aromatic nitrogens is 2. The first-order chi connectivity index (χ1) is 8.28. The molecule has 1 aromatic heterocycles. The van der Waals surface area contributed by atoms with Crippen molar-refractivity contribution in [1.29, 1.82) is 0 Å². The van der Waals surface area contributed by atoms with Gasteiger partial charge in [0.15, 0.2) is 0 Å². The summed E-state index contributed by atoms with van der Waals surface area (Å²) >= 11 is 0. The quantitative estimate of drug-likeness (QED) is 0.810. The molecule has 102 valence electrons. The smallest absolute Gasteiger partial charge is 0.323 e. The minimum Gasteiger partial charge on any atom is -0.459 e. The van der Waals surface area contributed by atoms with Crippen LogP contribution in [0.15, 0.2) is 18.7 Å². The van der Waals surface area contributed by atoms with Crippen molar-refractivity contribution in [2.75, 3.05) is 0 Å². The van der Waals surface area contributed by atoms with Crippen LogP contribution in [0.1, 0.15) is 34.6 Å². The molecule has 18 heavy (non-hydrogen) atoms. The van der Waals surface area contributed by atoms with Crippen LogP contribution < -0.4 is 5.32 Å². The summed E-state index contributed by atoms with van der Waals surface area (Å²) in [7, 11) is 0. The zero-order valence-electron chi connectivity index (χ0n) is 11.8. The summed E-state index contributed by atoms with van der Waals surface area (Å²) in [6.45, 7) is 10.2. The summed E-state index contributed by atoms with van der Waals surface area (Å²) < 4.78 is 7.29. The molecule has 0 radical (unpaired) electrons. The third kappa shape index (κ3) is 5.31. The van der Waals surface area contributed by atoms with E-state index in [1.807, 2.05) is 45.4 Å². The first-order valence-corrected chi connectivity index (χ1v) is 6.22. The van der Waals surface area contributed by atoms with Gasteiger partial charge in [-0.25, -0.2) is 4.98 Å². The summed E-state index contributed by atoms with van der Waals surface area (Å²) in [6.07, 6.45) is 5.40. The van der Waals surface area contributed by atoms with Gasteiger partial charge in [0.2, 0.25) is 0 Å². The summed E-state index contributed by atoms with van der Waals surface area (Å²) in [4.78, 5) is 15.8. The molecule has 2 unspecified atom stereocenters. The van der Waals surface area contributed by atoms with E-state index >= 15 is 0 Å². The van der Waals surface area contributed by atoms with Gasteiger partial charge in [0.25, 0.3) is 0 Å². The molecule has 1 N–H and O–H groups in total. The molecule has 0 aliphatic heterocycles. The van der Waals surface area contributed by atoms with Gasteiger partial charge in [-0.15, -0.1) is 0 Å². The molecular weight excluding hydrogens is 230 g/mol. The lowest BCUT2D eigenvalue weighted by atomic mass is 10.2. The fraction of sp³-hybridized carbons (Fsp3) is 0.692. The number of hydrogen-bond donors (Lipinski definition) is 1. The molecule has 2 atom stereocenters. The number of nitrogens with zero attached hydrogens (tertiary/aromatic N) is 2. The number of imidazole rings is 1. The molecule has 0 amide bonds. The van der Waals surface area contributed by atoms with Crippen molar-refractivity contribution in [3.8, 4) is 0 Å². The van der Waals surface area contributed by atoms with Gasteiger partial charge in [-0.05, 0) is 34.6 Å². The molecule has 5 nitrogen and oxygen atoms in total.